The third-order valence-corrected chi connectivity index (χ3v) is 4.81. The second-order valence-corrected chi connectivity index (χ2v) is 6.48. The van der Waals surface area contributed by atoms with E-state index in [0.717, 1.165) is 10.4 Å². The predicted molar refractivity (Wildman–Crippen MR) is 81.7 cm³/mol. The van der Waals surface area contributed by atoms with Gasteiger partial charge in [0.05, 0.1) is 0 Å². The van der Waals surface area contributed by atoms with Gasteiger partial charge in [0, 0.05) is 16.6 Å². The minimum Gasteiger partial charge on any atom is -0.307 e. The van der Waals surface area contributed by atoms with E-state index in [1.165, 1.54) is 37.7 Å². The van der Waals surface area contributed by atoms with Crippen LogP contribution in [-0.2, 0) is 0 Å². The van der Waals surface area contributed by atoms with Gasteiger partial charge >= 0.3 is 0 Å². The van der Waals surface area contributed by atoms with E-state index >= 15 is 0 Å². The van der Waals surface area contributed by atoms with Crippen LogP contribution in [0.4, 0.5) is 0 Å². The van der Waals surface area contributed by atoms with Gasteiger partial charge in [0.1, 0.15) is 0 Å². The first-order chi connectivity index (χ1) is 8.69. The second-order valence-electron chi connectivity index (χ2n) is 5.57. The highest BCUT2D eigenvalue weighted by molar-refractivity contribution is 9.10. The Labute approximate surface area is 119 Å². The molecule has 18 heavy (non-hydrogen) atoms. The SMILES string of the molecule is CCC1CCC(N[C@@H](C)c2ccc(Br)cc2)CC1. The molecule has 2 rings (SSSR count). The van der Waals surface area contributed by atoms with Crippen molar-refractivity contribution in [2.75, 3.05) is 0 Å². The topological polar surface area (TPSA) is 12.0 Å². The third kappa shape index (κ3) is 3.83. The molecule has 100 valence electrons. The summed E-state index contributed by atoms with van der Waals surface area (Å²) in [4.78, 5) is 0. The molecule has 0 spiro atoms. The Morgan fingerprint density at radius 3 is 2.33 bits per heavy atom. The molecule has 2 heteroatoms. The van der Waals surface area contributed by atoms with Crippen molar-refractivity contribution in [2.45, 2.75) is 58.0 Å². The number of benzene rings is 1. The minimum absolute atomic E-state index is 0.460. The summed E-state index contributed by atoms with van der Waals surface area (Å²) in [5, 5.41) is 3.78. The van der Waals surface area contributed by atoms with Gasteiger partial charge in [0.25, 0.3) is 0 Å². The van der Waals surface area contributed by atoms with Crippen LogP contribution in [0.5, 0.6) is 0 Å². The van der Waals surface area contributed by atoms with E-state index in [1.54, 1.807) is 0 Å². The molecule has 0 aromatic heterocycles. The predicted octanol–water partition coefficient (Wildman–Crippen LogP) is 5.07. The fourth-order valence-electron chi connectivity index (χ4n) is 2.94. The van der Waals surface area contributed by atoms with Crippen molar-refractivity contribution in [3.63, 3.8) is 0 Å². The molecule has 1 aromatic rings. The smallest absolute Gasteiger partial charge is 0.0294 e. The minimum atomic E-state index is 0.460. The van der Waals surface area contributed by atoms with Crippen LogP contribution in [-0.4, -0.2) is 6.04 Å². The summed E-state index contributed by atoms with van der Waals surface area (Å²) in [5.74, 6) is 0.978. The average Bonchev–Trinajstić information content (AvgIpc) is 2.40. The van der Waals surface area contributed by atoms with Crippen molar-refractivity contribution < 1.29 is 0 Å². The van der Waals surface area contributed by atoms with E-state index in [0.29, 0.717) is 12.1 Å². The van der Waals surface area contributed by atoms with Gasteiger partial charge in [-0.15, -0.1) is 0 Å². The lowest BCUT2D eigenvalue weighted by Gasteiger charge is -2.31. The first kappa shape index (κ1) is 14.1. The first-order valence-corrected chi connectivity index (χ1v) is 8.00. The molecule has 1 N–H and O–H groups in total. The fraction of sp³-hybridized carbons (Fsp3) is 0.625. The van der Waals surface area contributed by atoms with Crippen molar-refractivity contribution >= 4 is 15.9 Å². The van der Waals surface area contributed by atoms with Gasteiger partial charge in [-0.05, 0) is 56.2 Å². The lowest BCUT2D eigenvalue weighted by atomic mass is 9.84. The Morgan fingerprint density at radius 2 is 1.78 bits per heavy atom. The standard InChI is InChI=1S/C16H24BrN/c1-3-13-4-10-16(11-5-13)18-12(2)14-6-8-15(17)9-7-14/h6-9,12-13,16,18H,3-5,10-11H2,1-2H3/t12-,13?,16?/m0/s1. The molecule has 0 bridgehead atoms. The van der Waals surface area contributed by atoms with Crippen molar-refractivity contribution in [3.8, 4) is 0 Å². The van der Waals surface area contributed by atoms with Gasteiger partial charge in [0.2, 0.25) is 0 Å². The molecule has 0 heterocycles. The molecular weight excluding hydrogens is 286 g/mol. The Morgan fingerprint density at radius 1 is 1.17 bits per heavy atom. The summed E-state index contributed by atoms with van der Waals surface area (Å²) in [6.45, 7) is 4.60. The van der Waals surface area contributed by atoms with E-state index in [9.17, 15) is 0 Å². The molecule has 1 nitrogen and oxygen atoms in total. The Hall–Kier alpha value is -0.340. The van der Waals surface area contributed by atoms with E-state index in [-0.39, 0.29) is 0 Å². The van der Waals surface area contributed by atoms with Crippen LogP contribution in [0.15, 0.2) is 28.7 Å². The van der Waals surface area contributed by atoms with Crippen LogP contribution in [0, 0.1) is 5.92 Å². The van der Waals surface area contributed by atoms with Gasteiger partial charge in [-0.1, -0.05) is 41.4 Å². The summed E-state index contributed by atoms with van der Waals surface area (Å²) < 4.78 is 1.15. The number of halogens is 1. The lowest BCUT2D eigenvalue weighted by molar-refractivity contribution is 0.273. The maximum absolute atomic E-state index is 3.78. The van der Waals surface area contributed by atoms with Gasteiger partial charge in [0.15, 0.2) is 0 Å². The Balaban J connectivity index is 1.84. The molecular formula is C16H24BrN. The number of rotatable bonds is 4. The number of hydrogen-bond donors (Lipinski definition) is 1. The molecule has 0 aliphatic heterocycles. The Bertz CT molecular complexity index is 352. The maximum atomic E-state index is 3.78. The van der Waals surface area contributed by atoms with Crippen LogP contribution in [0.2, 0.25) is 0 Å². The monoisotopic (exact) mass is 309 g/mol. The molecule has 1 fully saturated rings. The van der Waals surface area contributed by atoms with Crippen molar-refractivity contribution in [1.29, 1.82) is 0 Å². The van der Waals surface area contributed by atoms with Crippen LogP contribution < -0.4 is 5.32 Å². The largest absolute Gasteiger partial charge is 0.307 e. The molecule has 1 aliphatic rings. The second kappa shape index (κ2) is 6.72. The zero-order valence-corrected chi connectivity index (χ0v) is 13.0. The highest BCUT2D eigenvalue weighted by Crippen LogP contribution is 2.28. The summed E-state index contributed by atoms with van der Waals surface area (Å²) in [5.41, 5.74) is 1.39. The Kier molecular flexibility index (Phi) is 5.25. The van der Waals surface area contributed by atoms with Gasteiger partial charge in [-0.2, -0.15) is 0 Å². The normalized spacial score (nSPS) is 25.9. The third-order valence-electron chi connectivity index (χ3n) is 4.28. The number of hydrogen-bond acceptors (Lipinski definition) is 1. The maximum Gasteiger partial charge on any atom is 0.0294 e. The van der Waals surface area contributed by atoms with Crippen molar-refractivity contribution in [3.05, 3.63) is 34.3 Å². The van der Waals surface area contributed by atoms with Gasteiger partial charge in [-0.25, -0.2) is 0 Å². The molecule has 0 unspecified atom stereocenters. The highest BCUT2D eigenvalue weighted by Gasteiger charge is 2.21. The first-order valence-electron chi connectivity index (χ1n) is 7.20. The van der Waals surface area contributed by atoms with E-state index < -0.39 is 0 Å². The van der Waals surface area contributed by atoms with Gasteiger partial charge < -0.3 is 5.32 Å². The molecule has 1 atom stereocenters. The summed E-state index contributed by atoms with van der Waals surface area (Å²) in [7, 11) is 0. The molecule has 1 aromatic carbocycles. The highest BCUT2D eigenvalue weighted by atomic mass is 79.9. The molecule has 0 radical (unpaired) electrons. The van der Waals surface area contributed by atoms with Crippen molar-refractivity contribution in [2.24, 2.45) is 5.92 Å². The lowest BCUT2D eigenvalue weighted by Crippen LogP contribution is -2.34. The van der Waals surface area contributed by atoms with E-state index in [1.807, 2.05) is 0 Å². The quantitative estimate of drug-likeness (QED) is 0.819. The zero-order valence-electron chi connectivity index (χ0n) is 11.5. The molecule has 0 amide bonds. The number of nitrogens with one attached hydrogen (secondary N) is 1. The summed E-state index contributed by atoms with van der Waals surface area (Å²) >= 11 is 3.49. The van der Waals surface area contributed by atoms with Crippen LogP contribution >= 0.6 is 15.9 Å². The molecule has 1 saturated carbocycles. The fourth-order valence-corrected chi connectivity index (χ4v) is 3.20. The van der Waals surface area contributed by atoms with Crippen LogP contribution in [0.1, 0.15) is 57.6 Å². The molecule has 1 aliphatic carbocycles. The van der Waals surface area contributed by atoms with E-state index in [4.69, 9.17) is 0 Å². The summed E-state index contributed by atoms with van der Waals surface area (Å²) in [6, 6.07) is 9.84. The van der Waals surface area contributed by atoms with Crippen LogP contribution in [0.3, 0.4) is 0 Å². The zero-order chi connectivity index (χ0) is 13.0. The van der Waals surface area contributed by atoms with Crippen molar-refractivity contribution in [1.82, 2.24) is 5.32 Å². The van der Waals surface area contributed by atoms with Gasteiger partial charge in [-0.3, -0.25) is 0 Å². The van der Waals surface area contributed by atoms with E-state index in [2.05, 4.69) is 59.4 Å². The van der Waals surface area contributed by atoms with Crippen LogP contribution in [0.25, 0.3) is 0 Å². The molecule has 0 saturated heterocycles. The summed E-state index contributed by atoms with van der Waals surface area (Å²) in [6.07, 6.45) is 6.86. The average molecular weight is 310 g/mol.